The molecule has 1 fully saturated rings. The number of hydrogen-bond donors (Lipinski definition) is 1. The Morgan fingerprint density at radius 3 is 2.53 bits per heavy atom. The predicted octanol–water partition coefficient (Wildman–Crippen LogP) is 3.87. The molecule has 32 heavy (non-hydrogen) atoms. The van der Waals surface area contributed by atoms with E-state index in [1.54, 1.807) is 11.9 Å². The zero-order valence-corrected chi connectivity index (χ0v) is 18.8. The molecule has 168 valence electrons. The van der Waals surface area contributed by atoms with Crippen molar-refractivity contribution in [2.75, 3.05) is 32.1 Å². The van der Waals surface area contributed by atoms with E-state index in [2.05, 4.69) is 5.32 Å². The maximum absolute atomic E-state index is 12.7. The lowest BCUT2D eigenvalue weighted by molar-refractivity contribution is 0.0793. The van der Waals surface area contributed by atoms with Crippen molar-refractivity contribution in [1.82, 2.24) is 19.4 Å². The predicted molar refractivity (Wildman–Crippen MR) is 124 cm³/mol. The van der Waals surface area contributed by atoms with Gasteiger partial charge in [-0.1, -0.05) is 0 Å². The van der Waals surface area contributed by atoms with Crippen molar-refractivity contribution in [3.8, 4) is 5.75 Å². The van der Waals surface area contributed by atoms with Gasteiger partial charge in [-0.05, 0) is 62.2 Å². The summed E-state index contributed by atoms with van der Waals surface area (Å²) in [7, 11) is 3.65. The van der Waals surface area contributed by atoms with Crippen LogP contribution < -0.4 is 10.1 Å². The van der Waals surface area contributed by atoms with E-state index in [0.29, 0.717) is 24.4 Å². The summed E-state index contributed by atoms with van der Waals surface area (Å²) >= 11 is 0. The molecular weight excluding hydrogens is 406 g/mol. The lowest BCUT2D eigenvalue weighted by Crippen LogP contribution is -2.31. The second-order valence-corrected chi connectivity index (χ2v) is 8.03. The molecule has 3 amide bonds. The van der Waals surface area contributed by atoms with Crippen LogP contribution in [0, 0.1) is 0 Å². The SMILES string of the molecule is CCOc1ccc(NC(=O)N(C)Cc2nc3cc(C(=O)N4CCCC4)ccc3n2C)cc1. The quantitative estimate of drug-likeness (QED) is 0.637. The van der Waals surface area contributed by atoms with Gasteiger partial charge in [-0.15, -0.1) is 0 Å². The lowest BCUT2D eigenvalue weighted by atomic mass is 10.2. The Hall–Kier alpha value is -3.55. The van der Waals surface area contributed by atoms with Crippen LogP contribution in [-0.2, 0) is 13.6 Å². The molecule has 0 radical (unpaired) electrons. The minimum absolute atomic E-state index is 0.0588. The number of aryl methyl sites for hydroxylation is 1. The molecule has 1 aliphatic rings. The van der Waals surface area contributed by atoms with Crippen molar-refractivity contribution in [1.29, 1.82) is 0 Å². The van der Waals surface area contributed by atoms with Crippen molar-refractivity contribution in [3.05, 3.63) is 53.9 Å². The minimum atomic E-state index is -0.230. The van der Waals surface area contributed by atoms with Gasteiger partial charge < -0.3 is 24.4 Å². The highest BCUT2D eigenvalue weighted by Gasteiger charge is 2.21. The van der Waals surface area contributed by atoms with Crippen LogP contribution >= 0.6 is 0 Å². The van der Waals surface area contributed by atoms with Gasteiger partial charge in [0, 0.05) is 38.4 Å². The summed E-state index contributed by atoms with van der Waals surface area (Å²) in [5.74, 6) is 1.57. The number of urea groups is 1. The normalized spacial score (nSPS) is 13.4. The fourth-order valence-corrected chi connectivity index (χ4v) is 3.93. The average molecular weight is 436 g/mol. The first-order valence-electron chi connectivity index (χ1n) is 11.0. The van der Waals surface area contributed by atoms with Gasteiger partial charge in [-0.3, -0.25) is 4.79 Å². The average Bonchev–Trinajstić information content (AvgIpc) is 3.43. The molecule has 0 bridgehead atoms. The van der Waals surface area contributed by atoms with E-state index in [1.807, 2.05) is 65.9 Å². The summed E-state index contributed by atoms with van der Waals surface area (Å²) in [5.41, 5.74) is 3.04. The van der Waals surface area contributed by atoms with Crippen molar-refractivity contribution in [2.45, 2.75) is 26.3 Å². The molecule has 1 aliphatic heterocycles. The topological polar surface area (TPSA) is 79.7 Å². The summed E-state index contributed by atoms with van der Waals surface area (Å²) in [4.78, 5) is 33.5. The van der Waals surface area contributed by atoms with Crippen molar-refractivity contribution >= 4 is 28.7 Å². The zero-order chi connectivity index (χ0) is 22.7. The number of nitrogens with one attached hydrogen (secondary N) is 1. The number of ether oxygens (including phenoxy) is 1. The van der Waals surface area contributed by atoms with E-state index in [0.717, 1.165) is 48.5 Å². The number of aromatic nitrogens is 2. The molecule has 0 spiro atoms. The molecule has 4 rings (SSSR count). The second kappa shape index (κ2) is 9.30. The number of rotatable bonds is 6. The molecule has 1 saturated heterocycles. The van der Waals surface area contributed by atoms with Crippen molar-refractivity contribution < 1.29 is 14.3 Å². The van der Waals surface area contributed by atoms with E-state index in [4.69, 9.17) is 9.72 Å². The number of nitrogens with zero attached hydrogens (tertiary/aromatic N) is 4. The summed E-state index contributed by atoms with van der Waals surface area (Å²) in [6.07, 6.45) is 2.12. The zero-order valence-electron chi connectivity index (χ0n) is 18.8. The Labute approximate surface area is 187 Å². The van der Waals surface area contributed by atoms with Crippen LogP contribution in [0.4, 0.5) is 10.5 Å². The van der Waals surface area contributed by atoms with E-state index >= 15 is 0 Å². The molecule has 1 N–H and O–H groups in total. The highest BCUT2D eigenvalue weighted by Crippen LogP contribution is 2.21. The smallest absolute Gasteiger partial charge is 0.321 e. The molecule has 0 aliphatic carbocycles. The number of likely N-dealkylation sites (tertiary alicyclic amines) is 1. The molecule has 0 unspecified atom stereocenters. The Morgan fingerprint density at radius 2 is 1.84 bits per heavy atom. The first-order chi connectivity index (χ1) is 15.5. The first kappa shape index (κ1) is 21.7. The maximum Gasteiger partial charge on any atom is 0.321 e. The number of benzene rings is 2. The largest absolute Gasteiger partial charge is 0.494 e. The van der Waals surface area contributed by atoms with E-state index < -0.39 is 0 Å². The third-order valence-corrected chi connectivity index (χ3v) is 5.76. The minimum Gasteiger partial charge on any atom is -0.494 e. The van der Waals surface area contributed by atoms with Crippen molar-refractivity contribution in [2.24, 2.45) is 7.05 Å². The van der Waals surface area contributed by atoms with Crippen LogP contribution in [0.2, 0.25) is 0 Å². The summed E-state index contributed by atoms with van der Waals surface area (Å²) in [6.45, 7) is 4.50. The number of carbonyl (C=O) groups excluding carboxylic acids is 2. The van der Waals surface area contributed by atoms with Gasteiger partial charge in [0.2, 0.25) is 0 Å². The molecule has 2 aromatic carbocycles. The van der Waals surface area contributed by atoms with Gasteiger partial charge in [0.15, 0.2) is 0 Å². The Kier molecular flexibility index (Phi) is 6.30. The molecule has 2 heterocycles. The van der Waals surface area contributed by atoms with Gasteiger partial charge in [-0.25, -0.2) is 9.78 Å². The Bertz CT molecular complexity index is 1120. The summed E-state index contributed by atoms with van der Waals surface area (Å²) < 4.78 is 7.39. The Balaban J connectivity index is 1.45. The molecule has 8 nitrogen and oxygen atoms in total. The third-order valence-electron chi connectivity index (χ3n) is 5.76. The molecule has 0 saturated carbocycles. The molecular formula is C24H29N5O3. The number of imidazole rings is 1. The standard InChI is InChI=1S/C24H29N5O3/c1-4-32-19-10-8-18(9-11-19)25-24(31)27(2)16-22-26-20-15-17(7-12-21(20)28(22)3)23(30)29-13-5-6-14-29/h7-12,15H,4-6,13-14,16H2,1-3H3,(H,25,31). The highest BCUT2D eigenvalue weighted by atomic mass is 16.5. The number of amides is 3. The Morgan fingerprint density at radius 1 is 1.12 bits per heavy atom. The van der Waals surface area contributed by atoms with Gasteiger partial charge in [0.25, 0.3) is 5.91 Å². The van der Waals surface area contributed by atoms with Crippen LogP contribution in [0.15, 0.2) is 42.5 Å². The first-order valence-corrected chi connectivity index (χ1v) is 11.0. The second-order valence-electron chi connectivity index (χ2n) is 8.03. The lowest BCUT2D eigenvalue weighted by Gasteiger charge is -2.18. The van der Waals surface area contributed by atoms with Gasteiger partial charge >= 0.3 is 6.03 Å². The van der Waals surface area contributed by atoms with Crippen molar-refractivity contribution in [3.63, 3.8) is 0 Å². The number of carbonyl (C=O) groups is 2. The summed E-state index contributed by atoms with van der Waals surface area (Å²) in [5, 5.41) is 2.88. The fraction of sp³-hybridized carbons (Fsp3) is 0.375. The van der Waals surface area contributed by atoms with Crippen LogP contribution in [0.5, 0.6) is 5.75 Å². The van der Waals surface area contributed by atoms with E-state index in [9.17, 15) is 9.59 Å². The summed E-state index contributed by atoms with van der Waals surface area (Å²) in [6, 6.07) is 12.7. The van der Waals surface area contributed by atoms with Crippen LogP contribution in [0.3, 0.4) is 0 Å². The monoisotopic (exact) mass is 435 g/mol. The van der Waals surface area contributed by atoms with E-state index in [-0.39, 0.29) is 11.9 Å². The molecule has 8 heteroatoms. The molecule has 0 atom stereocenters. The maximum atomic E-state index is 12.7. The van der Waals surface area contributed by atoms with Crippen LogP contribution in [0.1, 0.15) is 35.9 Å². The van der Waals surface area contributed by atoms with Crippen LogP contribution in [0.25, 0.3) is 11.0 Å². The fourth-order valence-electron chi connectivity index (χ4n) is 3.93. The van der Waals surface area contributed by atoms with E-state index in [1.165, 1.54) is 0 Å². The number of hydrogen-bond acceptors (Lipinski definition) is 4. The molecule has 1 aromatic heterocycles. The van der Waals surface area contributed by atoms with Gasteiger partial charge in [0.05, 0.1) is 24.2 Å². The number of fused-ring (bicyclic) bond motifs is 1. The number of anilines is 1. The van der Waals surface area contributed by atoms with Gasteiger partial charge in [-0.2, -0.15) is 0 Å². The van der Waals surface area contributed by atoms with Crippen LogP contribution in [-0.4, -0.2) is 58.0 Å². The van der Waals surface area contributed by atoms with Gasteiger partial charge in [0.1, 0.15) is 11.6 Å². The molecule has 3 aromatic rings. The third kappa shape index (κ3) is 4.54. The highest BCUT2D eigenvalue weighted by molar-refractivity contribution is 5.97.